The van der Waals surface area contributed by atoms with Gasteiger partial charge in [0.15, 0.2) is 0 Å². The van der Waals surface area contributed by atoms with Gasteiger partial charge in [0.05, 0.1) is 10.7 Å². The van der Waals surface area contributed by atoms with E-state index in [0.717, 1.165) is 18.4 Å². The number of hydrogen-bond acceptors (Lipinski definition) is 1. The van der Waals surface area contributed by atoms with E-state index in [1.807, 2.05) is 32.0 Å². The summed E-state index contributed by atoms with van der Waals surface area (Å²) in [6, 6.07) is 5.51. The van der Waals surface area contributed by atoms with E-state index >= 15 is 0 Å². The quantitative estimate of drug-likeness (QED) is 0.839. The molecule has 0 aromatic heterocycles. The average Bonchev–Trinajstić information content (AvgIpc) is 2.22. The van der Waals surface area contributed by atoms with Gasteiger partial charge in [0.25, 0.3) is 0 Å². The first kappa shape index (κ1) is 13.8. The average molecular weight is 255 g/mol. The third-order valence-electron chi connectivity index (χ3n) is 2.47. The third kappa shape index (κ3) is 4.65. The van der Waals surface area contributed by atoms with Crippen LogP contribution in [-0.2, 0) is 0 Å². The summed E-state index contributed by atoms with van der Waals surface area (Å²) in [5, 5.41) is 6.17. The summed E-state index contributed by atoms with van der Waals surface area (Å²) in [6.45, 7) is 6.03. The Morgan fingerprint density at radius 3 is 2.76 bits per heavy atom. The summed E-state index contributed by atoms with van der Waals surface area (Å²) < 4.78 is 0. The fraction of sp³-hybridized carbons (Fsp3) is 0.462. The molecule has 0 aliphatic carbocycles. The van der Waals surface area contributed by atoms with E-state index < -0.39 is 0 Å². The number of anilines is 1. The van der Waals surface area contributed by atoms with Crippen LogP contribution in [-0.4, -0.2) is 12.1 Å². The van der Waals surface area contributed by atoms with Crippen molar-refractivity contribution in [3.8, 4) is 0 Å². The smallest absolute Gasteiger partial charge is 0.319 e. The van der Waals surface area contributed by atoms with E-state index in [-0.39, 0.29) is 12.1 Å². The lowest BCUT2D eigenvalue weighted by Gasteiger charge is -2.14. The Hall–Kier alpha value is -1.22. The fourth-order valence-corrected chi connectivity index (χ4v) is 1.89. The maximum atomic E-state index is 11.7. The molecule has 17 heavy (non-hydrogen) atoms. The van der Waals surface area contributed by atoms with Crippen molar-refractivity contribution in [3.05, 3.63) is 28.8 Å². The van der Waals surface area contributed by atoms with Crippen molar-refractivity contribution in [1.82, 2.24) is 5.32 Å². The molecule has 1 rings (SSSR count). The zero-order valence-electron chi connectivity index (χ0n) is 10.5. The highest BCUT2D eigenvalue weighted by molar-refractivity contribution is 6.33. The van der Waals surface area contributed by atoms with Gasteiger partial charge in [-0.25, -0.2) is 4.79 Å². The number of aryl methyl sites for hydroxylation is 1. The molecule has 1 aromatic carbocycles. The number of hydrogen-bond donors (Lipinski definition) is 2. The van der Waals surface area contributed by atoms with E-state index in [9.17, 15) is 4.79 Å². The van der Waals surface area contributed by atoms with Crippen molar-refractivity contribution in [2.75, 3.05) is 5.32 Å². The molecule has 0 heterocycles. The van der Waals surface area contributed by atoms with E-state index in [1.54, 1.807) is 0 Å². The Labute approximate surface area is 108 Å². The van der Waals surface area contributed by atoms with Gasteiger partial charge in [0.1, 0.15) is 0 Å². The van der Waals surface area contributed by atoms with Crippen LogP contribution >= 0.6 is 11.6 Å². The van der Waals surface area contributed by atoms with Crippen molar-refractivity contribution in [2.24, 2.45) is 0 Å². The maximum absolute atomic E-state index is 11.7. The number of nitrogens with one attached hydrogen (secondary N) is 2. The minimum Gasteiger partial charge on any atom is -0.335 e. The number of carbonyl (C=O) groups excluding carboxylic acids is 1. The number of rotatable bonds is 4. The molecule has 0 radical (unpaired) electrons. The molecular weight excluding hydrogens is 236 g/mol. The highest BCUT2D eigenvalue weighted by Gasteiger charge is 2.08. The number of benzene rings is 1. The van der Waals surface area contributed by atoms with Crippen LogP contribution in [0.4, 0.5) is 10.5 Å². The minimum atomic E-state index is -0.211. The van der Waals surface area contributed by atoms with Gasteiger partial charge in [0.2, 0.25) is 0 Å². The molecule has 0 spiro atoms. The van der Waals surface area contributed by atoms with E-state index in [0.29, 0.717) is 10.7 Å². The Morgan fingerprint density at radius 2 is 2.18 bits per heavy atom. The molecule has 4 heteroatoms. The molecule has 1 aromatic rings. The first-order chi connectivity index (χ1) is 8.02. The van der Waals surface area contributed by atoms with Gasteiger partial charge in [-0.3, -0.25) is 0 Å². The molecular formula is C13H19ClN2O. The van der Waals surface area contributed by atoms with Crippen LogP contribution in [0.1, 0.15) is 32.3 Å². The molecule has 1 atom stereocenters. The second kappa shape index (κ2) is 6.50. The van der Waals surface area contributed by atoms with Crippen LogP contribution in [0.3, 0.4) is 0 Å². The minimum absolute atomic E-state index is 0.171. The third-order valence-corrected chi connectivity index (χ3v) is 2.78. The van der Waals surface area contributed by atoms with Gasteiger partial charge in [0, 0.05) is 6.04 Å². The maximum Gasteiger partial charge on any atom is 0.319 e. The molecule has 0 saturated carbocycles. The van der Waals surface area contributed by atoms with Gasteiger partial charge in [-0.2, -0.15) is 0 Å². The van der Waals surface area contributed by atoms with Crippen LogP contribution in [0.25, 0.3) is 0 Å². The van der Waals surface area contributed by atoms with Crippen molar-refractivity contribution in [1.29, 1.82) is 0 Å². The van der Waals surface area contributed by atoms with E-state index in [2.05, 4.69) is 17.6 Å². The van der Waals surface area contributed by atoms with Gasteiger partial charge in [-0.1, -0.05) is 31.0 Å². The topological polar surface area (TPSA) is 41.1 Å². The Morgan fingerprint density at radius 1 is 1.47 bits per heavy atom. The highest BCUT2D eigenvalue weighted by Crippen LogP contribution is 2.22. The normalized spacial score (nSPS) is 12.0. The number of halogens is 1. The second-order valence-electron chi connectivity index (χ2n) is 4.27. The lowest BCUT2D eigenvalue weighted by atomic mass is 10.2. The Balaban J connectivity index is 2.56. The SMILES string of the molecule is CCC[C@@H](C)NC(=O)Nc1ccc(C)cc1Cl. The first-order valence-electron chi connectivity index (χ1n) is 5.86. The zero-order valence-corrected chi connectivity index (χ0v) is 11.3. The lowest BCUT2D eigenvalue weighted by molar-refractivity contribution is 0.248. The van der Waals surface area contributed by atoms with Gasteiger partial charge < -0.3 is 10.6 Å². The van der Waals surface area contributed by atoms with E-state index in [4.69, 9.17) is 11.6 Å². The summed E-state index contributed by atoms with van der Waals surface area (Å²) in [7, 11) is 0. The van der Waals surface area contributed by atoms with Crippen molar-refractivity contribution >= 4 is 23.3 Å². The van der Waals surface area contributed by atoms with Crippen molar-refractivity contribution < 1.29 is 4.79 Å². The van der Waals surface area contributed by atoms with Crippen LogP contribution < -0.4 is 10.6 Å². The molecule has 0 fully saturated rings. The zero-order chi connectivity index (χ0) is 12.8. The summed E-state index contributed by atoms with van der Waals surface area (Å²) in [4.78, 5) is 11.7. The number of urea groups is 1. The second-order valence-corrected chi connectivity index (χ2v) is 4.68. The summed E-state index contributed by atoms with van der Waals surface area (Å²) >= 11 is 6.03. The predicted molar refractivity (Wildman–Crippen MR) is 72.7 cm³/mol. The summed E-state index contributed by atoms with van der Waals surface area (Å²) in [5.41, 5.74) is 1.71. The molecule has 0 saturated heterocycles. The molecule has 0 bridgehead atoms. The molecule has 94 valence electrons. The van der Waals surface area contributed by atoms with E-state index in [1.165, 1.54) is 0 Å². The largest absolute Gasteiger partial charge is 0.335 e. The molecule has 0 aliphatic heterocycles. The predicted octanol–water partition coefficient (Wildman–Crippen LogP) is 3.96. The molecule has 2 amide bonds. The van der Waals surface area contributed by atoms with Crippen LogP contribution in [0.15, 0.2) is 18.2 Å². The molecule has 0 aliphatic rings. The molecule has 3 nitrogen and oxygen atoms in total. The molecule has 0 unspecified atom stereocenters. The fourth-order valence-electron chi connectivity index (χ4n) is 1.61. The monoisotopic (exact) mass is 254 g/mol. The Bertz CT molecular complexity index is 393. The number of amides is 2. The van der Waals surface area contributed by atoms with Gasteiger partial charge >= 0.3 is 6.03 Å². The van der Waals surface area contributed by atoms with Gasteiger partial charge in [-0.15, -0.1) is 0 Å². The first-order valence-corrected chi connectivity index (χ1v) is 6.24. The molecule has 2 N–H and O–H groups in total. The lowest BCUT2D eigenvalue weighted by Crippen LogP contribution is -2.36. The van der Waals surface area contributed by atoms with Crippen molar-refractivity contribution in [3.63, 3.8) is 0 Å². The summed E-state index contributed by atoms with van der Waals surface area (Å²) in [5.74, 6) is 0. The number of carbonyl (C=O) groups is 1. The van der Waals surface area contributed by atoms with Crippen LogP contribution in [0, 0.1) is 6.92 Å². The highest BCUT2D eigenvalue weighted by atomic mass is 35.5. The standard InChI is InChI=1S/C13H19ClN2O/c1-4-5-10(3)15-13(17)16-12-7-6-9(2)8-11(12)14/h6-8,10H,4-5H2,1-3H3,(H2,15,16,17)/t10-/m1/s1. The van der Waals surface area contributed by atoms with Crippen LogP contribution in [0.2, 0.25) is 5.02 Å². The van der Waals surface area contributed by atoms with Gasteiger partial charge in [-0.05, 0) is 38.0 Å². The Kier molecular flexibility index (Phi) is 5.29. The van der Waals surface area contributed by atoms with Crippen LogP contribution in [0.5, 0.6) is 0 Å². The summed E-state index contributed by atoms with van der Waals surface area (Å²) in [6.07, 6.45) is 2.02. The van der Waals surface area contributed by atoms with Crippen molar-refractivity contribution in [2.45, 2.75) is 39.7 Å².